The van der Waals surface area contributed by atoms with Crippen LogP contribution in [0.3, 0.4) is 0 Å². The maximum absolute atomic E-state index is 5.41. The smallest absolute Gasteiger partial charge is 0.184 e. The molecule has 28 heavy (non-hydrogen) atoms. The molecule has 158 valence electrons. The molecule has 0 aromatic rings. The van der Waals surface area contributed by atoms with Gasteiger partial charge in [-0.05, 0) is 100 Å². The fraction of sp³-hybridized carbons (Fsp3) is 0.750. The molecule has 2 aliphatic rings. The van der Waals surface area contributed by atoms with Crippen LogP contribution in [0.15, 0.2) is 28.9 Å². The van der Waals surface area contributed by atoms with E-state index in [0.717, 1.165) is 24.5 Å². The maximum Gasteiger partial charge on any atom is 0.184 e. The first-order valence-corrected chi connectivity index (χ1v) is 11.4. The lowest BCUT2D eigenvalue weighted by Crippen LogP contribution is -2.49. The Morgan fingerprint density at radius 2 is 2.00 bits per heavy atom. The van der Waals surface area contributed by atoms with Crippen molar-refractivity contribution in [2.45, 2.75) is 92.4 Å². The molecule has 3 atom stereocenters. The third-order valence-corrected chi connectivity index (χ3v) is 7.59. The molecule has 0 aromatic carbocycles. The molecule has 0 bridgehead atoms. The van der Waals surface area contributed by atoms with Crippen molar-refractivity contribution >= 4 is 23.0 Å². The number of nitrogens with two attached hydrogens (primary N) is 1. The van der Waals surface area contributed by atoms with Crippen LogP contribution in [-0.4, -0.2) is 10.8 Å². The SMILES string of the molecule is C=C1CCC2C(C)(C)CCCC2(C)C1CCC(C)=CCCC(C)=NNC(N)=S. The number of thiocarbonyl (C=S) groups is 1. The van der Waals surface area contributed by atoms with Gasteiger partial charge in [-0.2, -0.15) is 5.10 Å². The zero-order chi connectivity index (χ0) is 20.9. The summed E-state index contributed by atoms with van der Waals surface area (Å²) in [6.45, 7) is 16.4. The van der Waals surface area contributed by atoms with Crippen molar-refractivity contribution in [3.8, 4) is 0 Å². The minimum Gasteiger partial charge on any atom is -0.375 e. The van der Waals surface area contributed by atoms with E-state index >= 15 is 0 Å². The number of fused-ring (bicyclic) bond motifs is 1. The van der Waals surface area contributed by atoms with E-state index in [-0.39, 0.29) is 5.11 Å². The largest absolute Gasteiger partial charge is 0.375 e. The van der Waals surface area contributed by atoms with E-state index in [9.17, 15) is 0 Å². The maximum atomic E-state index is 5.41. The number of hydrogen-bond donors (Lipinski definition) is 2. The Morgan fingerprint density at radius 1 is 1.29 bits per heavy atom. The second-order valence-corrected chi connectivity index (χ2v) is 10.5. The number of nitrogens with one attached hydrogen (secondary N) is 1. The first-order chi connectivity index (χ1) is 13.1. The molecule has 3 unspecified atom stereocenters. The fourth-order valence-electron chi connectivity index (χ4n) is 6.02. The van der Waals surface area contributed by atoms with Crippen LogP contribution in [0.1, 0.15) is 92.4 Å². The average Bonchev–Trinajstić information content (AvgIpc) is 2.58. The van der Waals surface area contributed by atoms with Crippen LogP contribution < -0.4 is 11.2 Å². The van der Waals surface area contributed by atoms with Crippen molar-refractivity contribution in [3.05, 3.63) is 23.8 Å². The Kier molecular flexibility index (Phi) is 7.89. The van der Waals surface area contributed by atoms with Crippen molar-refractivity contribution in [1.29, 1.82) is 0 Å². The Labute approximate surface area is 178 Å². The molecule has 3 N–H and O–H groups in total. The Balaban J connectivity index is 1.93. The van der Waals surface area contributed by atoms with Gasteiger partial charge in [0.25, 0.3) is 0 Å². The predicted molar refractivity (Wildman–Crippen MR) is 126 cm³/mol. The first kappa shape index (κ1) is 23.1. The van der Waals surface area contributed by atoms with Crippen LogP contribution in [0, 0.1) is 22.7 Å². The normalized spacial score (nSPS) is 30.7. The van der Waals surface area contributed by atoms with Crippen LogP contribution >= 0.6 is 12.2 Å². The topological polar surface area (TPSA) is 50.4 Å². The van der Waals surface area contributed by atoms with Crippen LogP contribution in [0.4, 0.5) is 0 Å². The molecular formula is C24H41N3S. The van der Waals surface area contributed by atoms with Crippen LogP contribution in [-0.2, 0) is 0 Å². The number of allylic oxidation sites excluding steroid dienone is 3. The van der Waals surface area contributed by atoms with Crippen LogP contribution in [0.2, 0.25) is 0 Å². The van der Waals surface area contributed by atoms with Gasteiger partial charge in [-0.15, -0.1) is 0 Å². The molecule has 0 amide bonds. The summed E-state index contributed by atoms with van der Waals surface area (Å²) in [5, 5.41) is 4.40. The summed E-state index contributed by atoms with van der Waals surface area (Å²) in [5.74, 6) is 1.51. The van der Waals surface area contributed by atoms with Crippen molar-refractivity contribution in [1.82, 2.24) is 5.43 Å². The zero-order valence-corrected chi connectivity index (χ0v) is 19.6. The molecule has 0 saturated heterocycles. The molecule has 0 aromatic heterocycles. The predicted octanol–water partition coefficient (Wildman–Crippen LogP) is 6.50. The van der Waals surface area contributed by atoms with Crippen molar-refractivity contribution in [3.63, 3.8) is 0 Å². The summed E-state index contributed by atoms with van der Waals surface area (Å²) in [4.78, 5) is 0. The van der Waals surface area contributed by atoms with Gasteiger partial charge in [0.15, 0.2) is 5.11 Å². The molecule has 0 aliphatic heterocycles. The molecule has 2 rings (SSSR count). The molecule has 4 heteroatoms. The van der Waals surface area contributed by atoms with Gasteiger partial charge in [0.2, 0.25) is 0 Å². The third kappa shape index (κ3) is 5.68. The lowest BCUT2D eigenvalue weighted by atomic mass is 9.47. The molecule has 2 fully saturated rings. The van der Waals surface area contributed by atoms with E-state index in [4.69, 9.17) is 18.0 Å². The van der Waals surface area contributed by atoms with E-state index in [1.54, 1.807) is 0 Å². The number of hydrazone groups is 1. The highest BCUT2D eigenvalue weighted by molar-refractivity contribution is 7.80. The lowest BCUT2D eigenvalue weighted by Gasteiger charge is -2.58. The summed E-state index contributed by atoms with van der Waals surface area (Å²) < 4.78 is 0. The highest BCUT2D eigenvalue weighted by Crippen LogP contribution is 2.61. The van der Waals surface area contributed by atoms with E-state index in [2.05, 4.69) is 50.9 Å². The Morgan fingerprint density at radius 3 is 2.68 bits per heavy atom. The van der Waals surface area contributed by atoms with Crippen molar-refractivity contribution < 1.29 is 0 Å². The number of nitrogens with zero attached hydrogens (tertiary/aromatic N) is 1. The van der Waals surface area contributed by atoms with Gasteiger partial charge in [-0.3, -0.25) is 5.43 Å². The molecule has 0 radical (unpaired) electrons. The van der Waals surface area contributed by atoms with Crippen LogP contribution in [0.25, 0.3) is 0 Å². The fourth-order valence-corrected chi connectivity index (χ4v) is 6.06. The first-order valence-electron chi connectivity index (χ1n) is 11.0. The number of rotatable bonds is 7. The van der Waals surface area contributed by atoms with Crippen LogP contribution in [0.5, 0.6) is 0 Å². The zero-order valence-electron chi connectivity index (χ0n) is 18.7. The quantitative estimate of drug-likeness (QED) is 0.221. The Bertz CT molecular complexity index is 646. The summed E-state index contributed by atoms with van der Waals surface area (Å²) in [6.07, 6.45) is 13.4. The van der Waals surface area contributed by atoms with Gasteiger partial charge in [0.05, 0.1) is 0 Å². The van der Waals surface area contributed by atoms with Crippen molar-refractivity contribution in [2.24, 2.45) is 33.5 Å². The minimum absolute atomic E-state index is 0.219. The molecule has 0 spiro atoms. The standard InChI is InChI=1S/C24H41N3S/c1-17(9-7-10-19(3)26-27-22(25)28)11-13-20-18(2)12-14-21-23(4,5)15-8-16-24(20,21)6/h9,20-21H,2,7-8,10-16H2,1,3-6H3,(H3,25,27,28). The van der Waals surface area contributed by atoms with Gasteiger partial charge >= 0.3 is 0 Å². The van der Waals surface area contributed by atoms with E-state index in [1.807, 2.05) is 6.92 Å². The van der Waals surface area contributed by atoms with E-state index < -0.39 is 0 Å². The van der Waals surface area contributed by atoms with Gasteiger partial charge < -0.3 is 5.73 Å². The second-order valence-electron chi connectivity index (χ2n) is 10.1. The summed E-state index contributed by atoms with van der Waals surface area (Å²) in [7, 11) is 0. The highest BCUT2D eigenvalue weighted by atomic mass is 32.1. The average molecular weight is 404 g/mol. The lowest BCUT2D eigenvalue weighted by molar-refractivity contribution is -0.0539. The van der Waals surface area contributed by atoms with Gasteiger partial charge in [0, 0.05) is 5.71 Å². The monoisotopic (exact) mass is 403 g/mol. The van der Waals surface area contributed by atoms with Gasteiger partial charge in [-0.25, -0.2) is 0 Å². The third-order valence-electron chi connectivity index (χ3n) is 7.50. The molecule has 2 saturated carbocycles. The van der Waals surface area contributed by atoms with E-state index in [0.29, 0.717) is 16.7 Å². The summed E-state index contributed by atoms with van der Waals surface area (Å²) in [6, 6.07) is 0. The number of hydrogen-bond acceptors (Lipinski definition) is 2. The van der Waals surface area contributed by atoms with E-state index in [1.165, 1.54) is 56.1 Å². The molecular weight excluding hydrogens is 362 g/mol. The molecule has 0 heterocycles. The Hall–Kier alpha value is -1.16. The molecule has 3 nitrogen and oxygen atoms in total. The van der Waals surface area contributed by atoms with Crippen molar-refractivity contribution in [2.75, 3.05) is 0 Å². The highest BCUT2D eigenvalue weighted by Gasteiger charge is 2.52. The van der Waals surface area contributed by atoms with Gasteiger partial charge in [-0.1, -0.05) is 51.0 Å². The summed E-state index contributed by atoms with van der Waals surface area (Å²) in [5.41, 5.74) is 13.0. The summed E-state index contributed by atoms with van der Waals surface area (Å²) >= 11 is 4.78. The second kappa shape index (κ2) is 9.56. The minimum atomic E-state index is 0.219. The molecule has 2 aliphatic carbocycles. The van der Waals surface area contributed by atoms with Gasteiger partial charge in [0.1, 0.15) is 0 Å².